The summed E-state index contributed by atoms with van der Waals surface area (Å²) < 4.78 is 5.31. The molecule has 2 N–H and O–H groups in total. The van der Waals surface area contributed by atoms with Gasteiger partial charge < -0.3 is 14.8 Å². The number of β-amino-alcohol motifs (C(OH)–C–C–N with tert-alkyl or cyclic N) is 1. The molecule has 0 saturated carbocycles. The number of benzene rings is 1. The van der Waals surface area contributed by atoms with Gasteiger partial charge in [0.2, 0.25) is 0 Å². The highest BCUT2D eigenvalue weighted by atomic mass is 16.3. The smallest absolute Gasteiger partial charge is 0.325 e. The van der Waals surface area contributed by atoms with Crippen LogP contribution in [0.3, 0.4) is 0 Å². The average Bonchev–Trinajstić information content (AvgIpc) is 3.26. The van der Waals surface area contributed by atoms with Gasteiger partial charge in [-0.1, -0.05) is 24.3 Å². The van der Waals surface area contributed by atoms with Crippen molar-refractivity contribution < 1.29 is 19.1 Å². The van der Waals surface area contributed by atoms with Crippen LogP contribution in [-0.2, 0) is 23.3 Å². The summed E-state index contributed by atoms with van der Waals surface area (Å²) in [5, 5.41) is 13.2. The van der Waals surface area contributed by atoms with Gasteiger partial charge in [0.15, 0.2) is 5.54 Å². The van der Waals surface area contributed by atoms with E-state index in [4.69, 9.17) is 4.42 Å². The zero-order valence-corrected chi connectivity index (χ0v) is 15.2. The van der Waals surface area contributed by atoms with Crippen LogP contribution in [-0.4, -0.2) is 52.6 Å². The molecule has 0 spiro atoms. The maximum atomic E-state index is 12.8. The lowest BCUT2D eigenvalue weighted by molar-refractivity contribution is -0.132. The van der Waals surface area contributed by atoms with Gasteiger partial charge in [-0.15, -0.1) is 0 Å². The van der Waals surface area contributed by atoms with Gasteiger partial charge in [-0.25, -0.2) is 4.79 Å². The number of hydrogen-bond acceptors (Lipinski definition) is 5. The van der Waals surface area contributed by atoms with E-state index in [1.807, 2.05) is 12.1 Å². The second-order valence-corrected chi connectivity index (χ2v) is 7.36. The predicted octanol–water partition coefficient (Wildman–Crippen LogP) is 1.47. The number of carbonyl (C=O) groups excluding carboxylic acids is 2. The highest BCUT2D eigenvalue weighted by molar-refractivity contribution is 6.06. The Morgan fingerprint density at radius 2 is 1.96 bits per heavy atom. The minimum Gasteiger partial charge on any atom is -0.466 e. The highest BCUT2D eigenvalue weighted by Gasteiger charge is 2.51. The van der Waals surface area contributed by atoms with Crippen LogP contribution in [0.15, 0.2) is 47.1 Å². The van der Waals surface area contributed by atoms with Gasteiger partial charge in [0, 0.05) is 19.6 Å². The lowest BCUT2D eigenvalue weighted by atomic mass is 9.99. The fourth-order valence-corrected chi connectivity index (χ4v) is 3.87. The van der Waals surface area contributed by atoms with Crippen molar-refractivity contribution in [1.82, 2.24) is 15.1 Å². The van der Waals surface area contributed by atoms with E-state index in [0.717, 1.165) is 24.4 Å². The van der Waals surface area contributed by atoms with Crippen molar-refractivity contribution in [3.63, 3.8) is 0 Å². The Morgan fingerprint density at radius 1 is 1.19 bits per heavy atom. The number of nitrogens with zero attached hydrogens (tertiary/aromatic N) is 2. The monoisotopic (exact) mass is 369 g/mol. The minimum absolute atomic E-state index is 0.0425. The van der Waals surface area contributed by atoms with E-state index < -0.39 is 23.6 Å². The molecule has 7 nitrogen and oxygen atoms in total. The first-order valence-electron chi connectivity index (χ1n) is 9.12. The molecule has 1 aromatic heterocycles. The van der Waals surface area contributed by atoms with E-state index in [1.54, 1.807) is 19.1 Å². The molecule has 2 atom stereocenters. The van der Waals surface area contributed by atoms with Crippen LogP contribution in [0, 0.1) is 0 Å². The number of aliphatic hydroxyl groups excluding tert-OH is 1. The molecule has 2 aliphatic heterocycles. The van der Waals surface area contributed by atoms with E-state index in [-0.39, 0.29) is 6.54 Å². The summed E-state index contributed by atoms with van der Waals surface area (Å²) in [6, 6.07) is 11.1. The quantitative estimate of drug-likeness (QED) is 0.780. The fraction of sp³-hybridized carbons (Fsp3) is 0.400. The number of hydrogen-bond donors (Lipinski definition) is 2. The standard InChI is InChI=1S/C20H23N3O4/c1-20(17-7-4-10-27-17)18(25)23(19(26)21-20)13-16(24)12-22-9-8-14-5-2-3-6-15(14)11-22/h2-7,10,16,24H,8-9,11-13H2,1H3,(H,21,26)/t16-,20-/m0/s1. The Kier molecular flexibility index (Phi) is 4.49. The predicted molar refractivity (Wildman–Crippen MR) is 97.7 cm³/mol. The van der Waals surface area contributed by atoms with Gasteiger partial charge in [0.25, 0.3) is 5.91 Å². The van der Waals surface area contributed by atoms with Crippen LogP contribution in [0.4, 0.5) is 4.79 Å². The molecule has 27 heavy (non-hydrogen) atoms. The number of rotatable bonds is 5. The normalized spacial score (nSPS) is 24.0. The Morgan fingerprint density at radius 3 is 2.70 bits per heavy atom. The number of amides is 3. The van der Waals surface area contributed by atoms with Crippen molar-refractivity contribution in [2.75, 3.05) is 19.6 Å². The first kappa shape index (κ1) is 17.8. The van der Waals surface area contributed by atoms with E-state index in [1.165, 1.54) is 17.4 Å². The van der Waals surface area contributed by atoms with Crippen molar-refractivity contribution in [1.29, 1.82) is 0 Å². The summed E-state index contributed by atoms with van der Waals surface area (Å²) in [4.78, 5) is 28.3. The topological polar surface area (TPSA) is 86.0 Å². The van der Waals surface area contributed by atoms with Gasteiger partial charge in [-0.05, 0) is 36.6 Å². The molecule has 4 rings (SSSR count). The molecule has 1 saturated heterocycles. The molecule has 3 heterocycles. The number of carbonyl (C=O) groups is 2. The van der Waals surface area contributed by atoms with Crippen LogP contribution in [0.5, 0.6) is 0 Å². The summed E-state index contributed by atoms with van der Waals surface area (Å²) in [6.07, 6.45) is 1.58. The Bertz CT molecular complexity index is 851. The molecule has 0 radical (unpaired) electrons. The molecule has 0 aliphatic carbocycles. The Balaban J connectivity index is 1.39. The number of nitrogens with one attached hydrogen (secondary N) is 1. The second kappa shape index (κ2) is 6.83. The second-order valence-electron chi connectivity index (χ2n) is 7.36. The number of fused-ring (bicyclic) bond motifs is 1. The number of urea groups is 1. The molecule has 1 fully saturated rings. The molecule has 3 amide bonds. The van der Waals surface area contributed by atoms with Crippen LogP contribution < -0.4 is 5.32 Å². The van der Waals surface area contributed by atoms with Gasteiger partial charge >= 0.3 is 6.03 Å². The molecule has 2 aromatic rings. The van der Waals surface area contributed by atoms with E-state index in [9.17, 15) is 14.7 Å². The first-order chi connectivity index (χ1) is 13.0. The van der Waals surface area contributed by atoms with Crippen molar-refractivity contribution in [3.8, 4) is 0 Å². The molecule has 0 bridgehead atoms. The third-order valence-corrected chi connectivity index (χ3v) is 5.36. The zero-order valence-electron chi connectivity index (χ0n) is 15.2. The van der Waals surface area contributed by atoms with Crippen molar-refractivity contribution in [2.24, 2.45) is 0 Å². The van der Waals surface area contributed by atoms with Crippen LogP contribution >= 0.6 is 0 Å². The third-order valence-electron chi connectivity index (χ3n) is 5.36. The van der Waals surface area contributed by atoms with Crippen LogP contribution in [0.2, 0.25) is 0 Å². The molecule has 2 aliphatic rings. The molecular weight excluding hydrogens is 346 g/mol. The maximum Gasteiger partial charge on any atom is 0.325 e. The summed E-state index contributed by atoms with van der Waals surface area (Å²) in [5.41, 5.74) is 1.37. The summed E-state index contributed by atoms with van der Waals surface area (Å²) in [7, 11) is 0. The first-order valence-corrected chi connectivity index (χ1v) is 9.12. The fourth-order valence-electron chi connectivity index (χ4n) is 3.87. The Hall–Kier alpha value is -2.64. The molecule has 0 unspecified atom stereocenters. The number of imide groups is 1. The lowest BCUT2D eigenvalue weighted by Crippen LogP contribution is -2.45. The SMILES string of the molecule is C[C@@]1(c2ccco2)NC(=O)N(C[C@@H](O)CN2CCc3ccccc3C2)C1=O. The van der Waals surface area contributed by atoms with Crippen LogP contribution in [0.25, 0.3) is 0 Å². The maximum absolute atomic E-state index is 12.8. The summed E-state index contributed by atoms with van der Waals surface area (Å²) in [5.74, 6) is -0.0315. The van der Waals surface area contributed by atoms with E-state index in [2.05, 4.69) is 22.3 Å². The molecule has 1 aromatic carbocycles. The number of furan rings is 1. The van der Waals surface area contributed by atoms with Crippen molar-refractivity contribution >= 4 is 11.9 Å². The van der Waals surface area contributed by atoms with E-state index >= 15 is 0 Å². The molecule has 7 heteroatoms. The van der Waals surface area contributed by atoms with Gasteiger partial charge in [0.1, 0.15) is 5.76 Å². The van der Waals surface area contributed by atoms with E-state index in [0.29, 0.717) is 12.3 Å². The largest absolute Gasteiger partial charge is 0.466 e. The van der Waals surface area contributed by atoms with Gasteiger partial charge in [-0.2, -0.15) is 0 Å². The lowest BCUT2D eigenvalue weighted by Gasteiger charge is -2.31. The molecular formula is C20H23N3O4. The summed E-state index contributed by atoms with van der Waals surface area (Å²) >= 11 is 0. The zero-order chi connectivity index (χ0) is 19.0. The minimum atomic E-state index is -1.23. The summed E-state index contributed by atoms with van der Waals surface area (Å²) in [6.45, 7) is 3.58. The molecule has 142 valence electrons. The average molecular weight is 369 g/mol. The van der Waals surface area contributed by atoms with Crippen molar-refractivity contribution in [2.45, 2.75) is 31.5 Å². The van der Waals surface area contributed by atoms with Gasteiger partial charge in [0.05, 0.1) is 18.9 Å². The van der Waals surface area contributed by atoms with Gasteiger partial charge in [-0.3, -0.25) is 14.6 Å². The Labute approximate surface area is 157 Å². The number of aliphatic hydroxyl groups is 1. The van der Waals surface area contributed by atoms with Crippen molar-refractivity contribution in [3.05, 3.63) is 59.5 Å². The van der Waals surface area contributed by atoms with Crippen LogP contribution in [0.1, 0.15) is 23.8 Å². The highest BCUT2D eigenvalue weighted by Crippen LogP contribution is 2.29. The third kappa shape index (κ3) is 3.24.